The first-order valence-electron chi connectivity index (χ1n) is 6.91. The second kappa shape index (κ2) is 4.60. The first kappa shape index (κ1) is 11.4. The van der Waals surface area contributed by atoms with Crippen LogP contribution in [0.2, 0.25) is 0 Å². The number of hydrogen-bond acceptors (Lipinski definition) is 2. The van der Waals surface area contributed by atoms with E-state index in [9.17, 15) is 0 Å². The van der Waals surface area contributed by atoms with E-state index < -0.39 is 0 Å². The Kier molecular flexibility index (Phi) is 2.62. The third-order valence-corrected chi connectivity index (χ3v) is 4.04. The van der Waals surface area contributed by atoms with Crippen LogP contribution < -0.4 is 0 Å². The molecule has 1 aromatic carbocycles. The van der Waals surface area contributed by atoms with Crippen molar-refractivity contribution in [2.75, 3.05) is 0 Å². The Bertz CT molecular complexity index is 710. The van der Waals surface area contributed by atoms with Gasteiger partial charge in [0.1, 0.15) is 5.82 Å². The molecule has 0 N–H and O–H groups in total. The van der Waals surface area contributed by atoms with Crippen molar-refractivity contribution in [3.63, 3.8) is 0 Å². The van der Waals surface area contributed by atoms with E-state index in [1.807, 2.05) is 18.6 Å². The summed E-state index contributed by atoms with van der Waals surface area (Å²) in [5.74, 6) is 1.71. The zero-order valence-corrected chi connectivity index (χ0v) is 11.1. The third-order valence-electron chi connectivity index (χ3n) is 4.04. The van der Waals surface area contributed by atoms with Crippen molar-refractivity contribution in [2.24, 2.45) is 0 Å². The summed E-state index contributed by atoms with van der Waals surface area (Å²) in [6.07, 6.45) is 8.69. The van der Waals surface area contributed by atoms with Gasteiger partial charge in [0.25, 0.3) is 0 Å². The minimum absolute atomic E-state index is 0.517. The van der Waals surface area contributed by atoms with E-state index in [-0.39, 0.29) is 0 Å². The molecule has 2 aromatic heterocycles. The lowest BCUT2D eigenvalue weighted by atomic mass is 9.90. The predicted molar refractivity (Wildman–Crippen MR) is 78.3 cm³/mol. The van der Waals surface area contributed by atoms with Crippen LogP contribution >= 0.6 is 0 Å². The Hall–Kier alpha value is -2.42. The average Bonchev–Trinajstić information content (AvgIpc) is 3.09. The first-order valence-corrected chi connectivity index (χ1v) is 6.91. The Morgan fingerprint density at radius 3 is 2.70 bits per heavy atom. The molecule has 4 rings (SSSR count). The van der Waals surface area contributed by atoms with E-state index in [1.165, 1.54) is 22.5 Å². The number of rotatable bonds is 2. The molecule has 0 radical (unpaired) electrons. The largest absolute Gasteiger partial charge is 0.334 e. The van der Waals surface area contributed by atoms with E-state index in [1.54, 1.807) is 0 Å². The molecule has 0 spiro atoms. The molecule has 3 nitrogen and oxygen atoms in total. The number of hydrogen-bond donors (Lipinski definition) is 0. The number of pyridine rings is 1. The number of fused-ring (bicyclic) bond motifs is 1. The minimum atomic E-state index is 0.517. The molecule has 0 fully saturated rings. The molecule has 20 heavy (non-hydrogen) atoms. The second-order valence-electron chi connectivity index (χ2n) is 5.22. The van der Waals surface area contributed by atoms with Gasteiger partial charge in [-0.3, -0.25) is 4.98 Å². The molecule has 0 amide bonds. The molecule has 3 aromatic rings. The van der Waals surface area contributed by atoms with E-state index in [0.29, 0.717) is 5.92 Å². The van der Waals surface area contributed by atoms with Crippen LogP contribution in [0.15, 0.2) is 61.2 Å². The maximum atomic E-state index is 4.43. The molecular weight excluding hydrogens is 246 g/mol. The summed E-state index contributed by atoms with van der Waals surface area (Å²) in [4.78, 5) is 8.54. The van der Waals surface area contributed by atoms with Crippen molar-refractivity contribution in [3.8, 4) is 11.1 Å². The highest BCUT2D eigenvalue weighted by Crippen LogP contribution is 2.35. The zero-order chi connectivity index (χ0) is 13.4. The normalized spacial score (nSPS) is 17.1. The van der Waals surface area contributed by atoms with Crippen LogP contribution in [0.3, 0.4) is 0 Å². The maximum absolute atomic E-state index is 4.43. The van der Waals surface area contributed by atoms with Gasteiger partial charge in [-0.15, -0.1) is 0 Å². The number of benzene rings is 1. The Labute approximate surface area is 117 Å². The van der Waals surface area contributed by atoms with Crippen LogP contribution in [0.1, 0.15) is 17.3 Å². The fraction of sp³-hybridized carbons (Fsp3) is 0.176. The van der Waals surface area contributed by atoms with Crippen LogP contribution in [0.5, 0.6) is 0 Å². The molecule has 0 aliphatic carbocycles. The highest BCUT2D eigenvalue weighted by molar-refractivity contribution is 5.67. The van der Waals surface area contributed by atoms with Crippen LogP contribution in [0, 0.1) is 0 Å². The van der Waals surface area contributed by atoms with Gasteiger partial charge in [0.15, 0.2) is 0 Å². The molecule has 1 atom stereocenters. The summed E-state index contributed by atoms with van der Waals surface area (Å²) in [5, 5.41) is 0. The molecule has 0 bridgehead atoms. The topological polar surface area (TPSA) is 30.7 Å². The fourth-order valence-electron chi connectivity index (χ4n) is 3.07. The van der Waals surface area contributed by atoms with E-state index in [0.717, 1.165) is 13.0 Å². The fourth-order valence-corrected chi connectivity index (χ4v) is 3.07. The molecule has 98 valence electrons. The number of imidazole rings is 1. The lowest BCUT2D eigenvalue weighted by molar-refractivity contribution is 0.653. The predicted octanol–water partition coefficient (Wildman–Crippen LogP) is 3.29. The number of aromatic nitrogens is 3. The lowest BCUT2D eigenvalue weighted by Crippen LogP contribution is -2.02. The van der Waals surface area contributed by atoms with Gasteiger partial charge < -0.3 is 4.57 Å². The van der Waals surface area contributed by atoms with E-state index in [4.69, 9.17) is 0 Å². The van der Waals surface area contributed by atoms with Gasteiger partial charge in [-0.1, -0.05) is 24.3 Å². The summed E-state index contributed by atoms with van der Waals surface area (Å²) < 4.78 is 2.26. The van der Waals surface area contributed by atoms with Crippen molar-refractivity contribution in [2.45, 2.75) is 18.9 Å². The van der Waals surface area contributed by atoms with Crippen LogP contribution in [0.25, 0.3) is 11.1 Å². The van der Waals surface area contributed by atoms with E-state index in [2.05, 4.69) is 57.1 Å². The molecule has 0 unspecified atom stereocenters. The highest BCUT2D eigenvalue weighted by Gasteiger charge is 2.25. The third kappa shape index (κ3) is 1.83. The maximum Gasteiger partial charge on any atom is 0.109 e. The summed E-state index contributed by atoms with van der Waals surface area (Å²) in [6.45, 7) is 1.03. The first-order chi connectivity index (χ1) is 9.92. The van der Waals surface area contributed by atoms with Gasteiger partial charge in [0.2, 0.25) is 0 Å². The highest BCUT2D eigenvalue weighted by atomic mass is 15.1. The minimum Gasteiger partial charge on any atom is -0.334 e. The van der Waals surface area contributed by atoms with Gasteiger partial charge in [0, 0.05) is 43.7 Å². The van der Waals surface area contributed by atoms with Crippen LogP contribution in [-0.4, -0.2) is 14.5 Å². The van der Waals surface area contributed by atoms with Crippen molar-refractivity contribution in [1.29, 1.82) is 0 Å². The molecule has 1 aliphatic rings. The quantitative estimate of drug-likeness (QED) is 0.708. The van der Waals surface area contributed by atoms with Gasteiger partial charge in [-0.25, -0.2) is 4.98 Å². The standard InChI is InChI=1S/C17H15N3/c1-2-4-16(14-11-17-19-9-10-20(17)12-14)15(3-1)13-5-7-18-8-6-13/h1-10,14H,11-12H2/t14-/m1/s1. The van der Waals surface area contributed by atoms with E-state index >= 15 is 0 Å². The van der Waals surface area contributed by atoms with Crippen LogP contribution in [-0.2, 0) is 13.0 Å². The van der Waals surface area contributed by atoms with Gasteiger partial charge >= 0.3 is 0 Å². The zero-order valence-electron chi connectivity index (χ0n) is 11.1. The second-order valence-corrected chi connectivity index (χ2v) is 5.22. The summed E-state index contributed by atoms with van der Waals surface area (Å²) in [5.41, 5.74) is 3.95. The van der Waals surface area contributed by atoms with Gasteiger partial charge in [0.05, 0.1) is 0 Å². The molecular formula is C17H15N3. The number of nitrogens with zero attached hydrogens (tertiary/aromatic N) is 3. The van der Waals surface area contributed by atoms with Crippen molar-refractivity contribution in [1.82, 2.24) is 14.5 Å². The summed E-state index contributed by atoms with van der Waals surface area (Å²) in [7, 11) is 0. The summed E-state index contributed by atoms with van der Waals surface area (Å²) >= 11 is 0. The van der Waals surface area contributed by atoms with Crippen LogP contribution in [0.4, 0.5) is 0 Å². The molecule has 0 saturated carbocycles. The Morgan fingerprint density at radius 2 is 1.85 bits per heavy atom. The molecule has 0 saturated heterocycles. The van der Waals surface area contributed by atoms with Gasteiger partial charge in [-0.05, 0) is 28.8 Å². The Balaban J connectivity index is 1.75. The lowest BCUT2D eigenvalue weighted by Gasteiger charge is -2.15. The average molecular weight is 261 g/mol. The van der Waals surface area contributed by atoms with Crippen molar-refractivity contribution in [3.05, 3.63) is 72.6 Å². The summed E-state index contributed by atoms with van der Waals surface area (Å²) in [6, 6.07) is 12.8. The van der Waals surface area contributed by atoms with Gasteiger partial charge in [-0.2, -0.15) is 0 Å². The molecule has 3 heterocycles. The molecule has 3 heteroatoms. The molecule has 1 aliphatic heterocycles. The van der Waals surface area contributed by atoms with Crippen molar-refractivity contribution < 1.29 is 0 Å². The Morgan fingerprint density at radius 1 is 1.00 bits per heavy atom. The van der Waals surface area contributed by atoms with Crippen molar-refractivity contribution >= 4 is 0 Å². The monoisotopic (exact) mass is 261 g/mol. The smallest absolute Gasteiger partial charge is 0.109 e. The SMILES string of the molecule is c1ccc([C@@H]2Cc3nccn3C2)c(-c2ccncc2)c1.